The predicted molar refractivity (Wildman–Crippen MR) is 90.6 cm³/mol. The molecule has 0 aromatic carbocycles. The molecule has 1 unspecified atom stereocenters. The Bertz CT molecular complexity index is 999. The Morgan fingerprint density at radius 2 is 2.24 bits per heavy atom. The van der Waals surface area contributed by atoms with Crippen molar-refractivity contribution in [1.29, 1.82) is 0 Å². The predicted octanol–water partition coefficient (Wildman–Crippen LogP) is 1.88. The molecular weight excluding hydrogens is 322 g/mol. The number of amides is 1. The maximum absolute atomic E-state index is 13.1. The number of rotatable bonds is 2. The molecule has 4 heterocycles. The van der Waals surface area contributed by atoms with E-state index in [1.807, 2.05) is 13.0 Å². The van der Waals surface area contributed by atoms with Crippen LogP contribution in [0, 0.1) is 13.8 Å². The van der Waals surface area contributed by atoms with Gasteiger partial charge in [-0.3, -0.25) is 14.7 Å². The lowest BCUT2D eigenvalue weighted by molar-refractivity contribution is 0.0705. The first-order valence-electron chi connectivity index (χ1n) is 8.32. The molecule has 1 atom stereocenters. The van der Waals surface area contributed by atoms with Gasteiger partial charge in [0, 0.05) is 24.7 Å². The van der Waals surface area contributed by atoms with Crippen LogP contribution in [-0.2, 0) is 0 Å². The summed E-state index contributed by atoms with van der Waals surface area (Å²) in [6.07, 6.45) is 3.16. The van der Waals surface area contributed by atoms with Gasteiger partial charge in [0.05, 0.1) is 17.6 Å². The Hall–Kier alpha value is -2.90. The third kappa shape index (κ3) is 2.63. The Balaban J connectivity index is 1.67. The molecule has 8 nitrogen and oxygen atoms in total. The number of aromatic nitrogens is 4. The molecule has 0 saturated carbocycles. The van der Waals surface area contributed by atoms with E-state index in [0.29, 0.717) is 24.4 Å². The number of carbonyl (C=O) groups excluding carboxylic acids is 1. The molecule has 0 aliphatic carbocycles. The third-order valence-corrected chi connectivity index (χ3v) is 4.74. The lowest BCUT2D eigenvalue weighted by Crippen LogP contribution is -2.39. The van der Waals surface area contributed by atoms with E-state index in [-0.39, 0.29) is 28.5 Å². The minimum absolute atomic E-state index is 0.188. The fraction of sp³-hybridized carbons (Fsp3) is 0.412. The van der Waals surface area contributed by atoms with Gasteiger partial charge in [-0.25, -0.2) is 4.98 Å². The highest BCUT2D eigenvalue weighted by atomic mass is 16.3. The lowest BCUT2D eigenvalue weighted by Gasteiger charge is -2.32. The third-order valence-electron chi connectivity index (χ3n) is 4.74. The van der Waals surface area contributed by atoms with E-state index in [2.05, 4.69) is 20.2 Å². The van der Waals surface area contributed by atoms with Crippen LogP contribution >= 0.6 is 0 Å². The van der Waals surface area contributed by atoms with E-state index in [4.69, 9.17) is 4.42 Å². The molecule has 3 aromatic heterocycles. The number of hydrogen-bond donors (Lipinski definition) is 2. The van der Waals surface area contributed by atoms with Gasteiger partial charge in [0.25, 0.3) is 11.5 Å². The second-order valence-electron chi connectivity index (χ2n) is 6.51. The maximum Gasteiger partial charge on any atom is 0.262 e. The minimum Gasteiger partial charge on any atom is -0.442 e. The van der Waals surface area contributed by atoms with E-state index < -0.39 is 0 Å². The zero-order valence-corrected chi connectivity index (χ0v) is 14.1. The highest BCUT2D eigenvalue weighted by Crippen LogP contribution is 2.29. The molecule has 1 aliphatic heterocycles. The molecule has 2 N–H and O–H groups in total. The zero-order chi connectivity index (χ0) is 17.6. The van der Waals surface area contributed by atoms with Crippen molar-refractivity contribution < 1.29 is 9.21 Å². The lowest BCUT2D eigenvalue weighted by atomic mass is 9.94. The second kappa shape index (κ2) is 5.87. The number of carbonyl (C=O) groups is 1. The van der Waals surface area contributed by atoms with E-state index in [1.54, 1.807) is 11.8 Å². The maximum atomic E-state index is 13.1. The van der Waals surface area contributed by atoms with Crippen LogP contribution in [0.4, 0.5) is 0 Å². The van der Waals surface area contributed by atoms with Crippen LogP contribution in [0.3, 0.4) is 0 Å². The van der Waals surface area contributed by atoms with Gasteiger partial charge in [-0.1, -0.05) is 0 Å². The molecule has 1 fully saturated rings. The molecule has 0 radical (unpaired) electrons. The standard InChI is InChI=1S/C17H19N5O3/c1-9-6-12(21-20-9)11-4-3-5-22(7-11)17(24)13-10(2)25-16-14(13)15(23)18-8-19-16/h6,8,11H,3-5,7H2,1-2H3,(H,20,21)(H,18,19,23). The Kier molecular flexibility index (Phi) is 3.67. The molecule has 0 spiro atoms. The fourth-order valence-electron chi connectivity index (χ4n) is 3.52. The molecule has 3 aromatic rings. The van der Waals surface area contributed by atoms with Gasteiger partial charge in [0.1, 0.15) is 11.1 Å². The van der Waals surface area contributed by atoms with Gasteiger partial charge in [-0.15, -0.1) is 0 Å². The number of nitrogens with zero attached hydrogens (tertiary/aromatic N) is 3. The number of H-pyrrole nitrogens is 2. The molecule has 4 rings (SSSR count). The van der Waals surface area contributed by atoms with Crippen LogP contribution in [0.15, 0.2) is 21.6 Å². The van der Waals surface area contributed by atoms with Crippen LogP contribution in [0.2, 0.25) is 0 Å². The van der Waals surface area contributed by atoms with Crippen molar-refractivity contribution >= 4 is 17.0 Å². The molecule has 1 amide bonds. The topological polar surface area (TPSA) is 108 Å². The highest BCUT2D eigenvalue weighted by molar-refractivity contribution is 6.06. The number of fused-ring (bicyclic) bond motifs is 1. The molecule has 25 heavy (non-hydrogen) atoms. The van der Waals surface area contributed by atoms with Crippen molar-refractivity contribution in [3.63, 3.8) is 0 Å². The highest BCUT2D eigenvalue weighted by Gasteiger charge is 2.30. The normalized spacial score (nSPS) is 18.0. The summed E-state index contributed by atoms with van der Waals surface area (Å²) < 4.78 is 5.51. The van der Waals surface area contributed by atoms with Gasteiger partial charge < -0.3 is 14.3 Å². The number of nitrogens with one attached hydrogen (secondary N) is 2. The summed E-state index contributed by atoms with van der Waals surface area (Å²) in [5.74, 6) is 0.422. The van der Waals surface area contributed by atoms with Crippen molar-refractivity contribution in [2.45, 2.75) is 32.6 Å². The van der Waals surface area contributed by atoms with Gasteiger partial charge >= 0.3 is 0 Å². The SMILES string of the molecule is Cc1cc(C2CCCN(C(=O)c3c(C)oc4nc[nH]c(=O)c34)C2)n[nH]1. The molecule has 0 bridgehead atoms. The molecule has 1 aliphatic rings. The summed E-state index contributed by atoms with van der Waals surface area (Å²) in [7, 11) is 0. The van der Waals surface area contributed by atoms with Gasteiger partial charge in [0.2, 0.25) is 5.71 Å². The second-order valence-corrected chi connectivity index (χ2v) is 6.51. The van der Waals surface area contributed by atoms with Crippen molar-refractivity contribution in [2.24, 2.45) is 0 Å². The molecule has 8 heteroatoms. The van der Waals surface area contributed by atoms with Crippen LogP contribution in [0.25, 0.3) is 11.1 Å². The average molecular weight is 341 g/mol. The Morgan fingerprint density at radius 1 is 1.40 bits per heavy atom. The molecule has 130 valence electrons. The summed E-state index contributed by atoms with van der Waals surface area (Å²) in [5.41, 5.74) is 2.13. The van der Waals surface area contributed by atoms with Crippen molar-refractivity contribution in [2.75, 3.05) is 13.1 Å². The smallest absolute Gasteiger partial charge is 0.262 e. The Morgan fingerprint density at radius 3 is 3.00 bits per heavy atom. The van der Waals surface area contributed by atoms with Crippen LogP contribution in [0.1, 0.15) is 46.3 Å². The zero-order valence-electron chi connectivity index (χ0n) is 14.1. The summed E-state index contributed by atoms with van der Waals surface area (Å²) in [6, 6.07) is 2.02. The fourth-order valence-corrected chi connectivity index (χ4v) is 3.52. The first-order valence-corrected chi connectivity index (χ1v) is 8.32. The first-order chi connectivity index (χ1) is 12.0. The largest absolute Gasteiger partial charge is 0.442 e. The van der Waals surface area contributed by atoms with Gasteiger partial charge in [0.15, 0.2) is 0 Å². The van der Waals surface area contributed by atoms with E-state index >= 15 is 0 Å². The van der Waals surface area contributed by atoms with E-state index in [9.17, 15) is 9.59 Å². The number of likely N-dealkylation sites (tertiary alicyclic amines) is 1. The number of aryl methyl sites for hydroxylation is 2. The first kappa shape index (κ1) is 15.6. The van der Waals surface area contributed by atoms with Crippen molar-refractivity contribution in [3.05, 3.63) is 45.5 Å². The number of aromatic amines is 2. The quantitative estimate of drug-likeness (QED) is 0.740. The number of piperidine rings is 1. The van der Waals surface area contributed by atoms with Crippen LogP contribution < -0.4 is 5.56 Å². The van der Waals surface area contributed by atoms with Crippen molar-refractivity contribution in [3.8, 4) is 0 Å². The number of hydrogen-bond acceptors (Lipinski definition) is 5. The van der Waals surface area contributed by atoms with Crippen LogP contribution in [-0.4, -0.2) is 44.1 Å². The number of furan rings is 1. The monoisotopic (exact) mass is 341 g/mol. The van der Waals surface area contributed by atoms with Gasteiger partial charge in [-0.05, 0) is 32.8 Å². The molecule has 1 saturated heterocycles. The average Bonchev–Trinajstić information content (AvgIpc) is 3.18. The molecular formula is C17H19N5O3. The van der Waals surface area contributed by atoms with Gasteiger partial charge in [-0.2, -0.15) is 5.10 Å². The van der Waals surface area contributed by atoms with Crippen LogP contribution in [0.5, 0.6) is 0 Å². The summed E-state index contributed by atoms with van der Waals surface area (Å²) in [5, 5.41) is 7.51. The summed E-state index contributed by atoms with van der Waals surface area (Å²) in [6.45, 7) is 4.88. The van der Waals surface area contributed by atoms with E-state index in [0.717, 1.165) is 24.2 Å². The Labute approximate surface area is 143 Å². The summed E-state index contributed by atoms with van der Waals surface area (Å²) in [4.78, 5) is 33.5. The van der Waals surface area contributed by atoms with E-state index in [1.165, 1.54) is 6.33 Å². The van der Waals surface area contributed by atoms with Crippen molar-refractivity contribution in [1.82, 2.24) is 25.1 Å². The summed E-state index contributed by atoms with van der Waals surface area (Å²) >= 11 is 0. The minimum atomic E-state index is -0.360.